The first-order valence-electron chi connectivity index (χ1n) is 6.71. The van der Waals surface area contributed by atoms with Crippen LogP contribution in [0.25, 0.3) is 11.4 Å². The number of aromatic nitrogens is 2. The summed E-state index contributed by atoms with van der Waals surface area (Å²) >= 11 is 6.99. The van der Waals surface area contributed by atoms with Gasteiger partial charge in [0.05, 0.1) is 0 Å². The maximum Gasteiger partial charge on any atom is 0.673 e. The zero-order chi connectivity index (χ0) is 17.7. The molecule has 0 saturated heterocycles. The molecule has 0 aliphatic rings. The molecule has 1 aromatic heterocycles. The highest BCUT2D eigenvalue weighted by Crippen LogP contribution is 2.15. The topological polar surface area (TPSA) is 8.81 Å². The highest BCUT2D eigenvalue weighted by molar-refractivity contribution is 9.10. The zero-order valence-corrected chi connectivity index (χ0v) is 15.3. The number of imidazole rings is 1. The predicted octanol–water partition coefficient (Wildman–Crippen LogP) is 5.58. The summed E-state index contributed by atoms with van der Waals surface area (Å²) in [5, 5.41) is 0. The second-order valence-electron chi connectivity index (χ2n) is 4.68. The molecule has 0 aliphatic heterocycles. The number of benzene rings is 2. The second-order valence-corrected chi connectivity index (χ2v) is 6.51. The number of rotatable bonds is 2. The fraction of sp³-hybridized carbons (Fsp3) is 0. The van der Waals surface area contributed by atoms with Crippen molar-refractivity contribution in [2.45, 2.75) is 0 Å². The molecule has 3 rings (SSSR count). The first-order valence-corrected chi connectivity index (χ1v) is 8.29. The lowest BCUT2D eigenvalue weighted by Crippen LogP contribution is -2.27. The summed E-state index contributed by atoms with van der Waals surface area (Å²) in [5.74, 6) is 0. The van der Waals surface area contributed by atoms with Gasteiger partial charge in [0.15, 0.2) is 0 Å². The van der Waals surface area contributed by atoms with Gasteiger partial charge >= 0.3 is 7.25 Å². The molecule has 0 radical (unpaired) electrons. The first kappa shape index (κ1) is 18.7. The van der Waals surface area contributed by atoms with E-state index >= 15 is 0 Å². The van der Waals surface area contributed by atoms with Crippen LogP contribution in [0, 0.1) is 0 Å². The van der Waals surface area contributed by atoms with Crippen molar-refractivity contribution >= 4 is 39.1 Å². The van der Waals surface area contributed by atoms with Crippen LogP contribution in [-0.4, -0.2) is 11.8 Å². The summed E-state index contributed by atoms with van der Waals surface area (Å²) in [6.07, 6.45) is 6.15. The Kier molecular flexibility index (Phi) is 6.23. The van der Waals surface area contributed by atoms with Crippen LogP contribution in [0.15, 0.2) is 76.2 Å². The molecule has 9 heteroatoms. The van der Waals surface area contributed by atoms with Crippen molar-refractivity contribution in [3.63, 3.8) is 0 Å². The third kappa shape index (κ3) is 6.12. The van der Waals surface area contributed by atoms with E-state index in [9.17, 15) is 17.3 Å². The van der Waals surface area contributed by atoms with Crippen molar-refractivity contribution in [2.24, 2.45) is 0 Å². The predicted molar refractivity (Wildman–Crippen MR) is 92.9 cm³/mol. The molecule has 0 aliphatic carbocycles. The van der Waals surface area contributed by atoms with Gasteiger partial charge in [-0.05, 0) is 36.4 Å². The lowest BCUT2D eigenvalue weighted by molar-refractivity contribution is -0.594. The molecular formula is C15H11BBr2F4N2. The van der Waals surface area contributed by atoms with Gasteiger partial charge in [0, 0.05) is 8.95 Å². The second kappa shape index (κ2) is 7.98. The minimum atomic E-state index is -6.00. The molecule has 0 fully saturated rings. The quantitative estimate of drug-likeness (QED) is 0.265. The summed E-state index contributed by atoms with van der Waals surface area (Å²) in [7, 11) is -6.00. The first-order chi connectivity index (χ1) is 11.2. The molecule has 126 valence electrons. The fourth-order valence-electron chi connectivity index (χ4n) is 1.93. The molecular weight excluding hydrogens is 455 g/mol. The molecule has 0 bridgehead atoms. The van der Waals surface area contributed by atoms with E-state index in [1.807, 2.05) is 36.7 Å². The zero-order valence-electron chi connectivity index (χ0n) is 12.1. The van der Waals surface area contributed by atoms with Gasteiger partial charge in [-0.2, -0.15) is 0 Å². The highest BCUT2D eigenvalue weighted by Gasteiger charge is 2.20. The van der Waals surface area contributed by atoms with E-state index in [-0.39, 0.29) is 0 Å². The van der Waals surface area contributed by atoms with Crippen LogP contribution in [0.5, 0.6) is 0 Å². The van der Waals surface area contributed by atoms with E-state index < -0.39 is 7.25 Å². The van der Waals surface area contributed by atoms with Gasteiger partial charge in [-0.1, -0.05) is 44.0 Å². The number of hydrogen-bond acceptors (Lipinski definition) is 0. The standard InChI is InChI=1S/C15H11Br2N2.BF4/c16-12-3-1-5-14(9-12)18-7-8-19(11-18)15-6-2-4-13(17)10-15;2-1(3,4)5/h1-11H;/q+1;-1. The van der Waals surface area contributed by atoms with Gasteiger partial charge in [0.25, 0.3) is 6.33 Å². The average molecular weight is 466 g/mol. The summed E-state index contributed by atoms with van der Waals surface area (Å²) < 4.78 is 45.3. The Labute approximate surface area is 153 Å². The van der Waals surface area contributed by atoms with Crippen molar-refractivity contribution in [1.29, 1.82) is 0 Å². The molecule has 0 spiro atoms. The molecule has 0 N–H and O–H groups in total. The Hall–Kier alpha value is -1.61. The maximum absolute atomic E-state index is 9.75. The summed E-state index contributed by atoms with van der Waals surface area (Å²) in [5.41, 5.74) is 2.26. The van der Waals surface area contributed by atoms with E-state index in [1.54, 1.807) is 0 Å². The molecule has 0 unspecified atom stereocenters. The number of halogens is 6. The van der Waals surface area contributed by atoms with E-state index in [2.05, 4.69) is 71.6 Å². The lowest BCUT2D eigenvalue weighted by atomic mass is 10.3. The molecule has 3 aromatic rings. The van der Waals surface area contributed by atoms with Gasteiger partial charge < -0.3 is 17.3 Å². The van der Waals surface area contributed by atoms with E-state index in [0.29, 0.717) is 0 Å². The Bertz CT molecular complexity index is 755. The SMILES string of the molecule is Brc1cccc(-n2cc[n+](-c3cccc(Br)c3)c2)c1.F[B-](F)(F)F. The van der Waals surface area contributed by atoms with Gasteiger partial charge in [0.2, 0.25) is 0 Å². The van der Waals surface area contributed by atoms with Gasteiger partial charge in [-0.25, -0.2) is 9.13 Å². The maximum atomic E-state index is 9.75. The Morgan fingerprint density at radius 2 is 1.46 bits per heavy atom. The van der Waals surface area contributed by atoms with Crippen LogP contribution in [-0.2, 0) is 0 Å². The van der Waals surface area contributed by atoms with Crippen molar-refractivity contribution in [2.75, 3.05) is 0 Å². The third-order valence-corrected chi connectivity index (χ3v) is 3.84. The Balaban J connectivity index is 0.000000368. The monoisotopic (exact) mass is 464 g/mol. The minimum Gasteiger partial charge on any atom is -0.418 e. The van der Waals surface area contributed by atoms with E-state index in [0.717, 1.165) is 20.3 Å². The molecule has 0 amide bonds. The lowest BCUT2D eigenvalue weighted by Gasteiger charge is -1.97. The molecule has 24 heavy (non-hydrogen) atoms. The van der Waals surface area contributed by atoms with Crippen molar-refractivity contribution < 1.29 is 21.8 Å². The van der Waals surface area contributed by atoms with Gasteiger partial charge in [-0.15, -0.1) is 0 Å². The van der Waals surface area contributed by atoms with Gasteiger partial charge in [-0.3, -0.25) is 0 Å². The van der Waals surface area contributed by atoms with Crippen LogP contribution < -0.4 is 4.57 Å². The molecule has 0 atom stereocenters. The summed E-state index contributed by atoms with van der Waals surface area (Å²) in [6, 6.07) is 16.4. The van der Waals surface area contributed by atoms with Crippen LogP contribution >= 0.6 is 31.9 Å². The minimum absolute atomic E-state index is 1.08. The molecule has 2 aromatic carbocycles. The van der Waals surface area contributed by atoms with E-state index in [1.165, 1.54) is 0 Å². The van der Waals surface area contributed by atoms with Crippen LogP contribution in [0.3, 0.4) is 0 Å². The van der Waals surface area contributed by atoms with E-state index in [4.69, 9.17) is 0 Å². The van der Waals surface area contributed by atoms with Gasteiger partial charge in [0.1, 0.15) is 23.8 Å². The third-order valence-electron chi connectivity index (χ3n) is 2.85. The summed E-state index contributed by atoms with van der Waals surface area (Å²) in [4.78, 5) is 0. The molecule has 2 nitrogen and oxygen atoms in total. The van der Waals surface area contributed by atoms with Crippen LogP contribution in [0.2, 0.25) is 0 Å². The average Bonchev–Trinajstić information content (AvgIpc) is 2.95. The number of nitrogens with zero attached hydrogens (tertiary/aromatic N) is 2. The Morgan fingerprint density at radius 1 is 0.875 bits per heavy atom. The Morgan fingerprint density at radius 3 is 2.04 bits per heavy atom. The van der Waals surface area contributed by atoms with Crippen LogP contribution in [0.1, 0.15) is 0 Å². The molecule has 1 heterocycles. The van der Waals surface area contributed by atoms with Crippen LogP contribution in [0.4, 0.5) is 17.3 Å². The molecule has 0 saturated carbocycles. The smallest absolute Gasteiger partial charge is 0.418 e. The summed E-state index contributed by atoms with van der Waals surface area (Å²) in [6.45, 7) is 0. The van der Waals surface area contributed by atoms with Crippen molar-refractivity contribution in [3.8, 4) is 11.4 Å². The van der Waals surface area contributed by atoms with Crippen molar-refractivity contribution in [1.82, 2.24) is 4.57 Å². The normalized spacial score (nSPS) is 10.9. The number of hydrogen-bond donors (Lipinski definition) is 0. The van der Waals surface area contributed by atoms with Crippen molar-refractivity contribution in [3.05, 3.63) is 76.2 Å². The highest BCUT2D eigenvalue weighted by atomic mass is 79.9. The largest absolute Gasteiger partial charge is 0.673 e. The fourth-order valence-corrected chi connectivity index (χ4v) is 2.71.